The van der Waals surface area contributed by atoms with Gasteiger partial charge in [0.15, 0.2) is 5.78 Å². The Morgan fingerprint density at radius 3 is 2.34 bits per heavy atom. The van der Waals surface area contributed by atoms with Crippen molar-refractivity contribution in [3.8, 4) is 0 Å². The molecule has 2 unspecified atom stereocenters. The van der Waals surface area contributed by atoms with Crippen molar-refractivity contribution in [2.45, 2.75) is 39.0 Å². The lowest BCUT2D eigenvalue weighted by atomic mass is 9.58. The van der Waals surface area contributed by atoms with Gasteiger partial charge in [-0.15, -0.1) is 0 Å². The van der Waals surface area contributed by atoms with E-state index in [1.165, 1.54) is 17.2 Å². The number of aliphatic carboxylic acids is 2. The molecule has 2 bridgehead atoms. The zero-order valence-electron chi connectivity index (χ0n) is 15.9. The first-order valence-corrected chi connectivity index (χ1v) is 8.87. The minimum atomic E-state index is -5.08. The standard InChI is InChI=1S/C17H21NO4.C2HF3O2/c1-17(2)12-8-22-15-13(17)10(6-9(12)4-3-5-18)7-11(14(15)19)16(20)21;3-2(4,5)1(6)7/h6-7,13,15H,3-5,8,18H2,1-2H3,(H,20,21);(H,6,7). The van der Waals surface area contributed by atoms with Crippen molar-refractivity contribution in [3.05, 3.63) is 34.4 Å². The van der Waals surface area contributed by atoms with Crippen molar-refractivity contribution in [2.24, 2.45) is 17.1 Å². The van der Waals surface area contributed by atoms with Crippen LogP contribution < -0.4 is 5.73 Å². The molecule has 2 aliphatic carbocycles. The summed E-state index contributed by atoms with van der Waals surface area (Å²) in [7, 11) is 0. The largest absolute Gasteiger partial charge is 0.490 e. The summed E-state index contributed by atoms with van der Waals surface area (Å²) < 4.78 is 37.5. The van der Waals surface area contributed by atoms with Gasteiger partial charge >= 0.3 is 18.1 Å². The summed E-state index contributed by atoms with van der Waals surface area (Å²) in [4.78, 5) is 32.6. The van der Waals surface area contributed by atoms with Gasteiger partial charge in [-0.3, -0.25) is 4.79 Å². The van der Waals surface area contributed by atoms with E-state index >= 15 is 0 Å². The number of alkyl halides is 3. The highest BCUT2D eigenvalue weighted by Gasteiger charge is 2.53. The lowest BCUT2D eigenvalue weighted by Gasteiger charge is -2.50. The number of halogens is 3. The molecule has 3 rings (SSSR count). The Labute approximate surface area is 164 Å². The molecule has 0 radical (unpaired) electrons. The van der Waals surface area contributed by atoms with Crippen molar-refractivity contribution in [1.82, 2.24) is 0 Å². The summed E-state index contributed by atoms with van der Waals surface area (Å²) in [5, 5.41) is 16.4. The summed E-state index contributed by atoms with van der Waals surface area (Å²) in [6.45, 7) is 5.23. The molecule has 1 saturated heterocycles. The summed E-state index contributed by atoms with van der Waals surface area (Å²) in [6, 6.07) is 0. The minimum absolute atomic E-state index is 0.103. The van der Waals surface area contributed by atoms with Gasteiger partial charge in [-0.25, -0.2) is 9.59 Å². The van der Waals surface area contributed by atoms with Crippen molar-refractivity contribution in [1.29, 1.82) is 0 Å². The molecule has 3 aliphatic rings. The number of Topliss-reactive ketones (excluding diaryl/α,β-unsaturated/α-hetero) is 1. The van der Waals surface area contributed by atoms with Crippen LogP contribution in [0.15, 0.2) is 34.4 Å². The van der Waals surface area contributed by atoms with E-state index in [-0.39, 0.29) is 16.9 Å². The Bertz CT molecular complexity index is 822. The molecule has 29 heavy (non-hydrogen) atoms. The normalized spacial score (nSPS) is 24.8. The van der Waals surface area contributed by atoms with Crippen LogP contribution in [0.4, 0.5) is 13.2 Å². The Kier molecular flexibility index (Phi) is 6.39. The molecule has 2 atom stereocenters. The first kappa shape index (κ1) is 22.8. The topological polar surface area (TPSA) is 127 Å². The number of carbonyl (C=O) groups excluding carboxylic acids is 1. The number of nitrogens with two attached hydrogens (primary N) is 1. The summed E-state index contributed by atoms with van der Waals surface area (Å²) in [5.41, 5.74) is 8.52. The Morgan fingerprint density at radius 1 is 1.28 bits per heavy atom. The number of carbonyl (C=O) groups is 3. The number of hydrogen-bond donors (Lipinski definition) is 3. The number of rotatable bonds is 4. The van der Waals surface area contributed by atoms with Crippen LogP contribution in [0, 0.1) is 11.3 Å². The van der Waals surface area contributed by atoms with E-state index in [1.54, 1.807) is 0 Å². The predicted octanol–water partition coefficient (Wildman–Crippen LogP) is 2.23. The smallest absolute Gasteiger partial charge is 0.478 e. The predicted molar refractivity (Wildman–Crippen MR) is 94.8 cm³/mol. The van der Waals surface area contributed by atoms with Gasteiger partial charge in [-0.1, -0.05) is 19.9 Å². The van der Waals surface area contributed by atoms with Gasteiger partial charge in [-0.05, 0) is 47.6 Å². The zero-order chi connectivity index (χ0) is 22.1. The summed E-state index contributed by atoms with van der Waals surface area (Å²) in [6.07, 6.45) is -0.463. The van der Waals surface area contributed by atoms with Crippen molar-refractivity contribution in [3.63, 3.8) is 0 Å². The fraction of sp³-hybridized carbons (Fsp3) is 0.526. The molecule has 160 valence electrons. The van der Waals surface area contributed by atoms with Crippen LogP contribution in [-0.4, -0.2) is 53.4 Å². The van der Waals surface area contributed by atoms with E-state index in [9.17, 15) is 27.9 Å². The Morgan fingerprint density at radius 2 is 1.86 bits per heavy atom. The molecular formula is C19H22F3NO6. The van der Waals surface area contributed by atoms with Crippen molar-refractivity contribution in [2.75, 3.05) is 13.2 Å². The third kappa shape index (κ3) is 4.43. The van der Waals surface area contributed by atoms with Crippen LogP contribution in [0.25, 0.3) is 0 Å². The molecule has 4 N–H and O–H groups in total. The fourth-order valence-electron chi connectivity index (χ4n) is 3.93. The summed E-state index contributed by atoms with van der Waals surface area (Å²) >= 11 is 0. The van der Waals surface area contributed by atoms with Crippen LogP contribution in [0.2, 0.25) is 0 Å². The monoisotopic (exact) mass is 417 g/mol. The molecule has 0 aromatic rings. The van der Waals surface area contributed by atoms with Gasteiger partial charge in [0.2, 0.25) is 0 Å². The molecule has 10 heteroatoms. The number of ether oxygens (including phenoxy) is 1. The lowest BCUT2D eigenvalue weighted by molar-refractivity contribution is -0.192. The molecule has 1 fully saturated rings. The summed E-state index contributed by atoms with van der Waals surface area (Å²) in [5.74, 6) is -4.46. The molecule has 0 spiro atoms. The molecule has 0 aromatic heterocycles. The lowest BCUT2D eigenvalue weighted by Crippen LogP contribution is -2.52. The van der Waals surface area contributed by atoms with Gasteiger partial charge in [0.1, 0.15) is 11.7 Å². The number of ketones is 1. The maximum Gasteiger partial charge on any atom is 0.490 e. The van der Waals surface area contributed by atoms with Crippen LogP contribution >= 0.6 is 0 Å². The quantitative estimate of drug-likeness (QED) is 0.599. The highest BCUT2D eigenvalue weighted by Crippen LogP contribution is 2.53. The molecule has 0 amide bonds. The van der Waals surface area contributed by atoms with Crippen LogP contribution in [0.5, 0.6) is 0 Å². The second-order valence-corrected chi connectivity index (χ2v) is 7.50. The van der Waals surface area contributed by atoms with Gasteiger partial charge < -0.3 is 20.7 Å². The number of hydrogen-bond acceptors (Lipinski definition) is 5. The molecule has 1 heterocycles. The minimum Gasteiger partial charge on any atom is -0.478 e. The van der Waals surface area contributed by atoms with Gasteiger partial charge in [0.25, 0.3) is 0 Å². The third-order valence-electron chi connectivity index (χ3n) is 5.31. The average Bonchev–Trinajstić information content (AvgIpc) is 2.58. The number of fused-ring (bicyclic) bond motifs is 1. The van der Waals surface area contributed by atoms with E-state index in [1.807, 2.05) is 6.08 Å². The number of carboxylic acids is 2. The van der Waals surface area contributed by atoms with E-state index in [0.29, 0.717) is 13.2 Å². The van der Waals surface area contributed by atoms with Gasteiger partial charge in [-0.2, -0.15) is 13.2 Å². The number of allylic oxidation sites excluding steroid dienone is 3. The third-order valence-corrected chi connectivity index (χ3v) is 5.31. The van der Waals surface area contributed by atoms with Crippen molar-refractivity contribution >= 4 is 17.7 Å². The maximum atomic E-state index is 12.4. The molecule has 0 aromatic carbocycles. The van der Waals surface area contributed by atoms with E-state index in [2.05, 4.69) is 13.8 Å². The van der Waals surface area contributed by atoms with Crippen LogP contribution in [-0.2, 0) is 19.1 Å². The van der Waals surface area contributed by atoms with Gasteiger partial charge in [0.05, 0.1) is 6.61 Å². The highest BCUT2D eigenvalue weighted by atomic mass is 19.4. The second kappa shape index (κ2) is 8.11. The van der Waals surface area contributed by atoms with E-state index in [0.717, 1.165) is 18.4 Å². The average molecular weight is 417 g/mol. The molecule has 0 saturated carbocycles. The Balaban J connectivity index is 0.000000370. The van der Waals surface area contributed by atoms with Crippen LogP contribution in [0.1, 0.15) is 26.7 Å². The molecular weight excluding hydrogens is 395 g/mol. The zero-order valence-corrected chi connectivity index (χ0v) is 15.9. The molecule has 1 aliphatic heterocycles. The SMILES string of the molecule is CC1(C)C2=C(CCCN)C=C3C=C(C(=O)O)C(=O)C(OC2)C31.O=C(O)C(F)(F)F. The fourth-order valence-corrected chi connectivity index (χ4v) is 3.93. The first-order chi connectivity index (χ1) is 13.3. The highest BCUT2D eigenvalue weighted by molar-refractivity contribution is 6.20. The van der Waals surface area contributed by atoms with Gasteiger partial charge in [0, 0.05) is 5.92 Å². The molecule has 7 nitrogen and oxygen atoms in total. The maximum absolute atomic E-state index is 12.4. The van der Waals surface area contributed by atoms with E-state index < -0.39 is 30.0 Å². The number of carboxylic acid groups (broad SMARTS) is 2. The van der Waals surface area contributed by atoms with Crippen LogP contribution in [0.3, 0.4) is 0 Å². The van der Waals surface area contributed by atoms with E-state index in [4.69, 9.17) is 20.4 Å². The van der Waals surface area contributed by atoms with Crippen molar-refractivity contribution < 1.29 is 42.5 Å². The second-order valence-electron chi connectivity index (χ2n) is 7.50. The Hall–Kier alpha value is -2.46. The first-order valence-electron chi connectivity index (χ1n) is 8.87.